The molecule has 9 heteroatoms. The maximum Gasteiger partial charge on any atom is 0.354 e. The summed E-state index contributed by atoms with van der Waals surface area (Å²) in [5.41, 5.74) is 0.295. The molecule has 1 aromatic rings. The van der Waals surface area contributed by atoms with Gasteiger partial charge in [-0.15, -0.1) is 0 Å². The minimum atomic E-state index is -3.83. The first-order valence-electron chi connectivity index (χ1n) is 6.73. The van der Waals surface area contributed by atoms with E-state index in [-0.39, 0.29) is 25.1 Å². The van der Waals surface area contributed by atoms with Crippen molar-refractivity contribution in [3.05, 3.63) is 29.6 Å². The molecule has 1 fully saturated rings. The molecule has 1 heterocycles. The van der Waals surface area contributed by atoms with E-state index in [1.165, 1.54) is 18.3 Å². The van der Waals surface area contributed by atoms with Gasteiger partial charge in [-0.3, -0.25) is 0 Å². The van der Waals surface area contributed by atoms with Crippen LogP contribution < -0.4 is 4.72 Å². The molecule has 1 aliphatic rings. The molecule has 22 heavy (non-hydrogen) atoms. The van der Waals surface area contributed by atoms with Gasteiger partial charge in [0.05, 0.1) is 5.75 Å². The number of sulfonamides is 1. The monoisotopic (exact) mass is 334 g/mol. The summed E-state index contributed by atoms with van der Waals surface area (Å²) in [4.78, 5) is 14.3. The van der Waals surface area contributed by atoms with Gasteiger partial charge in [-0.1, -0.05) is 6.07 Å². The number of halogens is 2. The molecule has 1 aliphatic carbocycles. The Bertz CT molecular complexity index is 647. The number of aromatic carboxylic acids is 1. The lowest BCUT2D eigenvalue weighted by Gasteiger charge is -2.19. The van der Waals surface area contributed by atoms with Crippen molar-refractivity contribution < 1.29 is 27.1 Å². The lowest BCUT2D eigenvalue weighted by molar-refractivity contribution is -0.0288. The summed E-state index contributed by atoms with van der Waals surface area (Å²) in [6.07, 6.45) is 1.49. The molecule has 0 bridgehead atoms. The number of carboxylic acid groups (broad SMARTS) is 1. The predicted molar refractivity (Wildman–Crippen MR) is 74.1 cm³/mol. The fourth-order valence-corrected chi connectivity index (χ4v) is 3.82. The van der Waals surface area contributed by atoms with Gasteiger partial charge in [0.15, 0.2) is 0 Å². The number of alkyl halides is 2. The second-order valence-electron chi connectivity index (χ2n) is 5.31. The van der Waals surface area contributed by atoms with E-state index < -0.39 is 33.6 Å². The third kappa shape index (κ3) is 4.20. The van der Waals surface area contributed by atoms with Crippen LogP contribution in [0, 0.1) is 5.92 Å². The zero-order valence-electron chi connectivity index (χ0n) is 11.6. The van der Waals surface area contributed by atoms with Gasteiger partial charge in [0.25, 0.3) is 5.92 Å². The Balaban J connectivity index is 1.93. The summed E-state index contributed by atoms with van der Waals surface area (Å²) in [7, 11) is -3.83. The molecule has 0 aromatic carbocycles. The van der Waals surface area contributed by atoms with Crippen molar-refractivity contribution >= 4 is 16.0 Å². The van der Waals surface area contributed by atoms with Crippen LogP contribution in [0.25, 0.3) is 0 Å². The predicted octanol–water partition coefficient (Wildman–Crippen LogP) is 1.63. The van der Waals surface area contributed by atoms with E-state index in [1.807, 2.05) is 0 Å². The molecule has 1 unspecified atom stereocenters. The van der Waals surface area contributed by atoms with Gasteiger partial charge in [0.2, 0.25) is 10.0 Å². The molecule has 0 spiro atoms. The first kappa shape index (κ1) is 16.8. The Kier molecular flexibility index (Phi) is 4.76. The molecule has 0 radical (unpaired) electrons. The zero-order valence-corrected chi connectivity index (χ0v) is 12.4. The second-order valence-corrected chi connectivity index (χ2v) is 7.16. The van der Waals surface area contributed by atoms with Gasteiger partial charge >= 0.3 is 5.97 Å². The first-order valence-corrected chi connectivity index (χ1v) is 8.38. The summed E-state index contributed by atoms with van der Waals surface area (Å²) in [6, 6.07) is 2.67. The lowest BCUT2D eigenvalue weighted by atomic mass is 10.1. The van der Waals surface area contributed by atoms with Crippen LogP contribution in [-0.2, 0) is 16.6 Å². The van der Waals surface area contributed by atoms with Crippen LogP contribution in [0.3, 0.4) is 0 Å². The summed E-state index contributed by atoms with van der Waals surface area (Å²) in [5.74, 6) is -5.88. The van der Waals surface area contributed by atoms with Crippen molar-refractivity contribution in [2.45, 2.75) is 31.7 Å². The molecule has 0 saturated heterocycles. The molecule has 2 rings (SSSR count). The highest BCUT2D eigenvalue weighted by atomic mass is 32.2. The second kappa shape index (κ2) is 6.25. The Labute approximate surface area is 126 Å². The molecule has 6 nitrogen and oxygen atoms in total. The van der Waals surface area contributed by atoms with Gasteiger partial charge < -0.3 is 5.11 Å². The number of pyridine rings is 1. The standard InChI is InChI=1S/C13H16F2N2O4S/c14-13(15)5-1-2-10(13)8-22(20,21)17-7-9-3-4-11(12(18)19)16-6-9/h3-4,6,10,17H,1-2,5,7-8H2,(H,18,19). The van der Waals surface area contributed by atoms with Crippen LogP contribution >= 0.6 is 0 Å². The quantitative estimate of drug-likeness (QED) is 0.824. The Morgan fingerprint density at radius 3 is 2.68 bits per heavy atom. The van der Waals surface area contributed by atoms with E-state index in [9.17, 15) is 22.0 Å². The van der Waals surface area contributed by atoms with Crippen LogP contribution in [0.4, 0.5) is 8.78 Å². The maximum atomic E-state index is 13.5. The van der Waals surface area contributed by atoms with E-state index in [0.29, 0.717) is 12.0 Å². The van der Waals surface area contributed by atoms with E-state index >= 15 is 0 Å². The molecule has 122 valence electrons. The third-order valence-corrected chi connectivity index (χ3v) is 5.05. The van der Waals surface area contributed by atoms with Crippen LogP contribution in [0.5, 0.6) is 0 Å². The number of hydrogen-bond acceptors (Lipinski definition) is 4. The van der Waals surface area contributed by atoms with Crippen LogP contribution in [-0.4, -0.2) is 36.2 Å². The van der Waals surface area contributed by atoms with E-state index in [4.69, 9.17) is 5.11 Å². The third-order valence-electron chi connectivity index (χ3n) is 3.62. The van der Waals surface area contributed by atoms with Crippen molar-refractivity contribution in [1.82, 2.24) is 9.71 Å². The smallest absolute Gasteiger partial charge is 0.354 e. The average molecular weight is 334 g/mol. The van der Waals surface area contributed by atoms with Crippen molar-refractivity contribution in [3.63, 3.8) is 0 Å². The van der Waals surface area contributed by atoms with Crippen molar-refractivity contribution in [3.8, 4) is 0 Å². The van der Waals surface area contributed by atoms with Crippen molar-refractivity contribution in [2.75, 3.05) is 5.75 Å². The van der Waals surface area contributed by atoms with Crippen LogP contribution in [0.15, 0.2) is 18.3 Å². The van der Waals surface area contributed by atoms with Crippen LogP contribution in [0.2, 0.25) is 0 Å². The van der Waals surface area contributed by atoms with Gasteiger partial charge in [0, 0.05) is 25.1 Å². The fourth-order valence-electron chi connectivity index (χ4n) is 2.38. The molecule has 1 atom stereocenters. The van der Waals surface area contributed by atoms with Crippen LogP contribution in [0.1, 0.15) is 35.3 Å². The van der Waals surface area contributed by atoms with E-state index in [0.717, 1.165) is 0 Å². The molecular formula is C13H16F2N2O4S. The highest BCUT2D eigenvalue weighted by Gasteiger charge is 2.45. The molecule has 0 amide bonds. The molecule has 1 aromatic heterocycles. The minimum absolute atomic E-state index is 0.118. The Morgan fingerprint density at radius 1 is 1.45 bits per heavy atom. The number of aromatic nitrogens is 1. The number of hydrogen-bond donors (Lipinski definition) is 2. The topological polar surface area (TPSA) is 96.4 Å². The molecule has 1 saturated carbocycles. The van der Waals surface area contributed by atoms with Gasteiger partial charge in [-0.25, -0.2) is 31.7 Å². The zero-order chi connectivity index (χ0) is 16.4. The number of rotatable bonds is 6. The minimum Gasteiger partial charge on any atom is -0.477 e. The highest BCUT2D eigenvalue weighted by molar-refractivity contribution is 7.89. The van der Waals surface area contributed by atoms with Crippen molar-refractivity contribution in [2.24, 2.45) is 5.92 Å². The van der Waals surface area contributed by atoms with E-state index in [1.54, 1.807) is 0 Å². The SMILES string of the molecule is O=C(O)c1ccc(CNS(=O)(=O)CC2CCCC2(F)F)cn1. The summed E-state index contributed by atoms with van der Waals surface area (Å²) in [6.45, 7) is -0.118. The summed E-state index contributed by atoms with van der Waals surface area (Å²) in [5, 5.41) is 8.70. The van der Waals surface area contributed by atoms with Gasteiger partial charge in [-0.05, 0) is 24.5 Å². The van der Waals surface area contributed by atoms with E-state index in [2.05, 4.69) is 9.71 Å². The normalized spacial score (nSPS) is 20.9. The van der Waals surface area contributed by atoms with Gasteiger partial charge in [0.1, 0.15) is 5.69 Å². The highest BCUT2D eigenvalue weighted by Crippen LogP contribution is 2.40. The molecular weight excluding hydrogens is 318 g/mol. The Hall–Kier alpha value is -1.61. The Morgan fingerprint density at radius 2 is 2.18 bits per heavy atom. The first-order chi connectivity index (χ1) is 10.2. The molecule has 2 N–H and O–H groups in total. The summed E-state index contributed by atoms with van der Waals surface area (Å²) >= 11 is 0. The summed E-state index contributed by atoms with van der Waals surface area (Å²) < 4.78 is 52.9. The van der Waals surface area contributed by atoms with Crippen molar-refractivity contribution in [1.29, 1.82) is 0 Å². The molecule has 0 aliphatic heterocycles. The number of nitrogens with zero attached hydrogens (tertiary/aromatic N) is 1. The lowest BCUT2D eigenvalue weighted by Crippen LogP contribution is -2.34. The fraction of sp³-hybridized carbons (Fsp3) is 0.538. The average Bonchev–Trinajstić information content (AvgIpc) is 2.75. The number of carbonyl (C=O) groups is 1. The van der Waals surface area contributed by atoms with Gasteiger partial charge in [-0.2, -0.15) is 0 Å². The number of carboxylic acids is 1. The maximum absolute atomic E-state index is 13.5. The number of nitrogens with one attached hydrogen (secondary N) is 1. The largest absolute Gasteiger partial charge is 0.477 e.